The van der Waals surface area contributed by atoms with Gasteiger partial charge >= 0.3 is 6.03 Å². The molecule has 2 fully saturated rings. The van der Waals surface area contributed by atoms with Crippen molar-refractivity contribution in [3.05, 3.63) is 11.9 Å². The molecule has 8 heteroatoms. The average molecular weight is 391 g/mol. The zero-order valence-corrected chi connectivity index (χ0v) is 17.6. The molecule has 1 aliphatic carbocycles. The van der Waals surface area contributed by atoms with Crippen molar-refractivity contribution in [2.45, 2.75) is 59.4 Å². The van der Waals surface area contributed by atoms with Crippen molar-refractivity contribution in [3.8, 4) is 0 Å². The fraction of sp³-hybridized carbons (Fsp3) is 0.800. The van der Waals surface area contributed by atoms with Crippen LogP contribution in [0.15, 0.2) is 6.20 Å². The van der Waals surface area contributed by atoms with Crippen LogP contribution in [-0.2, 0) is 0 Å². The Morgan fingerprint density at radius 2 is 1.93 bits per heavy atom. The summed E-state index contributed by atoms with van der Waals surface area (Å²) in [5.74, 6) is 0.401. The van der Waals surface area contributed by atoms with Crippen molar-refractivity contribution in [2.24, 2.45) is 11.3 Å². The normalized spacial score (nSPS) is 20.9. The molecule has 28 heavy (non-hydrogen) atoms. The van der Waals surface area contributed by atoms with Crippen molar-refractivity contribution >= 4 is 11.9 Å². The van der Waals surface area contributed by atoms with Gasteiger partial charge in [-0.05, 0) is 50.9 Å². The summed E-state index contributed by atoms with van der Waals surface area (Å²) < 4.78 is 1.90. The second-order valence-corrected chi connectivity index (χ2v) is 8.55. The Morgan fingerprint density at radius 3 is 2.46 bits per heavy atom. The minimum absolute atomic E-state index is 0.0484. The van der Waals surface area contributed by atoms with Crippen LogP contribution in [0.1, 0.15) is 69.9 Å². The highest BCUT2D eigenvalue weighted by Gasteiger charge is 2.50. The molecule has 156 valence electrons. The number of nitrogens with one attached hydrogen (secondary N) is 1. The van der Waals surface area contributed by atoms with Crippen molar-refractivity contribution in [3.63, 3.8) is 0 Å². The van der Waals surface area contributed by atoms with E-state index < -0.39 is 0 Å². The number of rotatable bonds is 6. The number of amides is 3. The van der Waals surface area contributed by atoms with Crippen LogP contribution < -0.4 is 5.32 Å². The van der Waals surface area contributed by atoms with E-state index in [0.29, 0.717) is 31.2 Å². The standard InChI is InChI=1S/C20H34N6O2/c1-5-24(6-2)18(27)16-14-26(23-22-16)17-7-8-20(17)9-11-25(12-10-20)19(28)21-13-15(3)4/h14-15,17H,5-13H2,1-4H3,(H,21,28). The van der Waals surface area contributed by atoms with E-state index in [-0.39, 0.29) is 23.4 Å². The first-order valence-electron chi connectivity index (χ1n) is 10.6. The van der Waals surface area contributed by atoms with Gasteiger partial charge in [-0.1, -0.05) is 19.1 Å². The zero-order chi connectivity index (χ0) is 20.3. The molecule has 1 saturated carbocycles. The lowest BCUT2D eigenvalue weighted by Crippen LogP contribution is -2.53. The van der Waals surface area contributed by atoms with E-state index in [1.807, 2.05) is 29.6 Å². The zero-order valence-electron chi connectivity index (χ0n) is 17.6. The van der Waals surface area contributed by atoms with Gasteiger partial charge in [-0.3, -0.25) is 4.79 Å². The van der Waals surface area contributed by atoms with E-state index in [2.05, 4.69) is 29.5 Å². The fourth-order valence-corrected chi connectivity index (χ4v) is 4.44. The molecule has 0 radical (unpaired) electrons. The highest BCUT2D eigenvalue weighted by atomic mass is 16.2. The molecule has 3 rings (SSSR count). The van der Waals surface area contributed by atoms with Crippen LogP contribution in [0.3, 0.4) is 0 Å². The first-order valence-corrected chi connectivity index (χ1v) is 10.6. The molecule has 2 heterocycles. The molecular formula is C20H34N6O2. The summed E-state index contributed by atoms with van der Waals surface area (Å²) in [6, 6.07) is 0.325. The largest absolute Gasteiger partial charge is 0.338 e. The van der Waals surface area contributed by atoms with Crippen LogP contribution in [0.4, 0.5) is 4.79 Å². The van der Waals surface area contributed by atoms with Gasteiger partial charge in [0, 0.05) is 32.7 Å². The number of hydrogen-bond acceptors (Lipinski definition) is 4. The number of aromatic nitrogens is 3. The van der Waals surface area contributed by atoms with E-state index in [0.717, 1.165) is 38.8 Å². The number of urea groups is 1. The summed E-state index contributed by atoms with van der Waals surface area (Å²) in [5.41, 5.74) is 0.606. The third-order valence-electron chi connectivity index (χ3n) is 6.43. The minimum atomic E-state index is -0.0544. The fourth-order valence-electron chi connectivity index (χ4n) is 4.44. The SMILES string of the molecule is CCN(CC)C(=O)c1cn(C2CCC23CCN(C(=O)NCC(C)C)CC3)nn1. The Hall–Kier alpha value is -2.12. The summed E-state index contributed by atoms with van der Waals surface area (Å²) >= 11 is 0. The van der Waals surface area contributed by atoms with Gasteiger partial charge in [0.25, 0.3) is 5.91 Å². The third kappa shape index (κ3) is 4.00. The van der Waals surface area contributed by atoms with Gasteiger partial charge in [0.05, 0.1) is 12.2 Å². The summed E-state index contributed by atoms with van der Waals surface area (Å²) in [6.07, 6.45) is 5.98. The lowest BCUT2D eigenvalue weighted by Gasteiger charge is -2.53. The quantitative estimate of drug-likeness (QED) is 0.809. The molecule has 3 amide bonds. The molecule has 0 aromatic carbocycles. The van der Waals surface area contributed by atoms with E-state index in [1.54, 1.807) is 4.90 Å². The van der Waals surface area contributed by atoms with Crippen LogP contribution in [-0.4, -0.2) is 69.5 Å². The maximum Gasteiger partial charge on any atom is 0.317 e. The Labute approximate surface area is 167 Å². The van der Waals surface area contributed by atoms with Crippen LogP contribution >= 0.6 is 0 Å². The maximum atomic E-state index is 12.5. The number of carbonyl (C=O) groups is 2. The monoisotopic (exact) mass is 390 g/mol. The van der Waals surface area contributed by atoms with Gasteiger partial charge in [-0.2, -0.15) is 0 Å². The molecule has 1 aromatic heterocycles. The molecule has 0 bridgehead atoms. The van der Waals surface area contributed by atoms with Crippen LogP contribution in [0, 0.1) is 11.3 Å². The molecule has 1 atom stereocenters. The smallest absolute Gasteiger partial charge is 0.317 e. The molecule has 1 aliphatic heterocycles. The average Bonchev–Trinajstić information content (AvgIpc) is 3.15. The predicted molar refractivity (Wildman–Crippen MR) is 107 cm³/mol. The topological polar surface area (TPSA) is 83.4 Å². The Bertz CT molecular complexity index is 689. The highest BCUT2D eigenvalue weighted by Crippen LogP contribution is 2.56. The van der Waals surface area contributed by atoms with Crippen molar-refractivity contribution < 1.29 is 9.59 Å². The van der Waals surface area contributed by atoms with Gasteiger partial charge < -0.3 is 15.1 Å². The number of piperidine rings is 1. The van der Waals surface area contributed by atoms with Gasteiger partial charge in [0.15, 0.2) is 5.69 Å². The van der Waals surface area contributed by atoms with Crippen LogP contribution in [0.2, 0.25) is 0 Å². The Balaban J connectivity index is 1.60. The van der Waals surface area contributed by atoms with E-state index in [9.17, 15) is 9.59 Å². The number of likely N-dealkylation sites (tertiary alicyclic amines) is 1. The first kappa shape index (κ1) is 20.6. The van der Waals surface area contributed by atoms with Crippen LogP contribution in [0.5, 0.6) is 0 Å². The van der Waals surface area contributed by atoms with Gasteiger partial charge in [-0.15, -0.1) is 5.10 Å². The van der Waals surface area contributed by atoms with Gasteiger partial charge in [0.2, 0.25) is 0 Å². The number of nitrogens with zero attached hydrogens (tertiary/aromatic N) is 5. The van der Waals surface area contributed by atoms with Crippen LogP contribution in [0.25, 0.3) is 0 Å². The van der Waals surface area contributed by atoms with Crippen molar-refractivity contribution in [2.75, 3.05) is 32.7 Å². The lowest BCUT2D eigenvalue weighted by atomic mass is 9.59. The number of carbonyl (C=O) groups excluding carboxylic acids is 2. The minimum Gasteiger partial charge on any atom is -0.338 e. The first-order chi connectivity index (χ1) is 13.4. The summed E-state index contributed by atoms with van der Waals surface area (Å²) in [6.45, 7) is 11.7. The lowest BCUT2D eigenvalue weighted by molar-refractivity contribution is -0.0229. The summed E-state index contributed by atoms with van der Waals surface area (Å²) in [4.78, 5) is 28.5. The third-order valence-corrected chi connectivity index (χ3v) is 6.43. The molecule has 1 saturated heterocycles. The predicted octanol–water partition coefficient (Wildman–Crippen LogP) is 2.54. The summed E-state index contributed by atoms with van der Waals surface area (Å²) in [5, 5.41) is 11.4. The van der Waals surface area contributed by atoms with E-state index in [4.69, 9.17) is 0 Å². The second kappa shape index (κ2) is 8.49. The van der Waals surface area contributed by atoms with E-state index in [1.165, 1.54) is 0 Å². The number of hydrogen-bond donors (Lipinski definition) is 1. The maximum absolute atomic E-state index is 12.5. The molecular weight excluding hydrogens is 356 g/mol. The second-order valence-electron chi connectivity index (χ2n) is 8.55. The van der Waals surface area contributed by atoms with Crippen molar-refractivity contribution in [1.82, 2.24) is 30.1 Å². The molecule has 1 spiro atoms. The highest BCUT2D eigenvalue weighted by molar-refractivity contribution is 5.91. The van der Waals surface area contributed by atoms with E-state index >= 15 is 0 Å². The van der Waals surface area contributed by atoms with Crippen molar-refractivity contribution in [1.29, 1.82) is 0 Å². The van der Waals surface area contributed by atoms with Gasteiger partial charge in [-0.25, -0.2) is 9.48 Å². The van der Waals surface area contributed by atoms with Gasteiger partial charge in [0.1, 0.15) is 0 Å². The molecule has 1 aromatic rings. The molecule has 1 unspecified atom stereocenters. The summed E-state index contributed by atoms with van der Waals surface area (Å²) in [7, 11) is 0. The molecule has 1 N–H and O–H groups in total. The molecule has 8 nitrogen and oxygen atoms in total. The molecule has 2 aliphatic rings. The Morgan fingerprint density at radius 1 is 1.25 bits per heavy atom. The Kier molecular flexibility index (Phi) is 6.25.